The molecule has 0 spiro atoms. The van der Waals surface area contributed by atoms with E-state index in [1.165, 1.54) is 0 Å². The van der Waals surface area contributed by atoms with Crippen LogP contribution in [0.5, 0.6) is 0 Å². The van der Waals surface area contributed by atoms with Crippen LogP contribution in [0.4, 0.5) is 0 Å². The fraction of sp³-hybridized carbons (Fsp3) is 0.154. The molecule has 0 saturated heterocycles. The fourth-order valence-electron chi connectivity index (χ4n) is 4.17. The quantitative estimate of drug-likeness (QED) is 0.410. The third kappa shape index (κ3) is 3.39. The van der Waals surface area contributed by atoms with Crippen LogP contribution in [-0.2, 0) is 17.9 Å². The molecule has 0 radical (unpaired) electrons. The Labute approximate surface area is 184 Å². The van der Waals surface area contributed by atoms with E-state index >= 15 is 0 Å². The summed E-state index contributed by atoms with van der Waals surface area (Å²) < 4.78 is 1.91. The van der Waals surface area contributed by atoms with E-state index in [0.29, 0.717) is 23.1 Å². The van der Waals surface area contributed by atoms with E-state index < -0.39 is 0 Å². The number of fused-ring (bicyclic) bond motifs is 3. The van der Waals surface area contributed by atoms with Crippen LogP contribution in [0.3, 0.4) is 0 Å². The van der Waals surface area contributed by atoms with Gasteiger partial charge in [-0.15, -0.1) is 0 Å². The number of carbonyl (C=O) groups is 1. The van der Waals surface area contributed by atoms with Gasteiger partial charge >= 0.3 is 0 Å². The van der Waals surface area contributed by atoms with Crippen LogP contribution in [0, 0.1) is 6.92 Å². The normalized spacial score (nSPS) is 11.3. The van der Waals surface area contributed by atoms with Crippen molar-refractivity contribution in [3.63, 3.8) is 0 Å². The van der Waals surface area contributed by atoms with E-state index in [2.05, 4.69) is 9.97 Å². The second-order valence-corrected chi connectivity index (χ2v) is 7.94. The minimum atomic E-state index is -0.0848. The van der Waals surface area contributed by atoms with Crippen LogP contribution < -0.4 is 5.43 Å². The highest BCUT2D eigenvalue weighted by Gasteiger charge is 2.16. The lowest BCUT2D eigenvalue weighted by Gasteiger charge is -2.20. The number of hydrogen-bond donors (Lipinski definition) is 0. The van der Waals surface area contributed by atoms with Gasteiger partial charge in [0.15, 0.2) is 5.43 Å². The minimum Gasteiger partial charge on any atom is -0.337 e. The maximum absolute atomic E-state index is 13.2. The molecule has 6 heteroatoms. The van der Waals surface area contributed by atoms with Crippen molar-refractivity contribution >= 4 is 38.6 Å². The summed E-state index contributed by atoms with van der Waals surface area (Å²) in [6.45, 7) is 2.37. The van der Waals surface area contributed by atoms with Gasteiger partial charge in [-0.3, -0.25) is 9.59 Å². The summed E-state index contributed by atoms with van der Waals surface area (Å²) >= 11 is 0. The maximum Gasteiger partial charge on any atom is 0.242 e. The van der Waals surface area contributed by atoms with Crippen LogP contribution >= 0.6 is 0 Å². The zero-order valence-electron chi connectivity index (χ0n) is 17.9. The van der Waals surface area contributed by atoms with Crippen molar-refractivity contribution in [1.29, 1.82) is 0 Å². The van der Waals surface area contributed by atoms with Crippen LogP contribution in [0.25, 0.3) is 32.7 Å². The number of aryl methyl sites for hydroxylation is 1. The van der Waals surface area contributed by atoms with E-state index in [4.69, 9.17) is 0 Å². The number of pyridine rings is 1. The Balaban J connectivity index is 1.50. The Hall–Kier alpha value is -4.06. The number of amides is 1. The molecule has 5 aromatic rings. The van der Waals surface area contributed by atoms with Gasteiger partial charge in [-0.1, -0.05) is 42.5 Å². The molecule has 2 heterocycles. The van der Waals surface area contributed by atoms with Crippen molar-refractivity contribution in [2.45, 2.75) is 20.0 Å². The summed E-state index contributed by atoms with van der Waals surface area (Å²) in [5.74, 6) is 0.519. The number of nitrogens with zero attached hydrogens (tertiary/aromatic N) is 4. The molecule has 0 bridgehead atoms. The van der Waals surface area contributed by atoms with Gasteiger partial charge in [0, 0.05) is 28.9 Å². The molecule has 0 fully saturated rings. The molecule has 0 N–H and O–H groups in total. The zero-order chi connectivity index (χ0) is 22.2. The summed E-state index contributed by atoms with van der Waals surface area (Å²) in [5, 5.41) is 2.22. The number of para-hydroxylation sites is 3. The van der Waals surface area contributed by atoms with Gasteiger partial charge < -0.3 is 9.47 Å². The SMILES string of the molecule is Cc1nc(CN(C)C(=O)Cn2c3ccccc3c(=O)c3ccccc32)nc2ccccc12. The molecule has 2 aromatic heterocycles. The highest BCUT2D eigenvalue weighted by molar-refractivity contribution is 5.94. The van der Waals surface area contributed by atoms with Crippen LogP contribution in [0.1, 0.15) is 11.5 Å². The summed E-state index contributed by atoms with van der Waals surface area (Å²) in [4.78, 5) is 37.0. The summed E-state index contributed by atoms with van der Waals surface area (Å²) in [6, 6.07) is 22.7. The maximum atomic E-state index is 13.2. The predicted molar refractivity (Wildman–Crippen MR) is 126 cm³/mol. The average Bonchev–Trinajstić information content (AvgIpc) is 2.81. The Kier molecular flexibility index (Phi) is 4.90. The first-order chi connectivity index (χ1) is 15.5. The van der Waals surface area contributed by atoms with E-state index in [-0.39, 0.29) is 17.9 Å². The van der Waals surface area contributed by atoms with E-state index in [1.807, 2.05) is 72.2 Å². The Morgan fingerprint density at radius 1 is 0.844 bits per heavy atom. The second kappa shape index (κ2) is 7.89. The molecule has 1 amide bonds. The predicted octanol–water partition coefficient (Wildman–Crippen LogP) is 4.06. The third-order valence-electron chi connectivity index (χ3n) is 5.82. The fourth-order valence-corrected chi connectivity index (χ4v) is 4.17. The van der Waals surface area contributed by atoms with Crippen molar-refractivity contribution in [3.8, 4) is 0 Å². The smallest absolute Gasteiger partial charge is 0.242 e. The number of hydrogen-bond acceptors (Lipinski definition) is 4. The van der Waals surface area contributed by atoms with Crippen molar-refractivity contribution in [2.24, 2.45) is 0 Å². The molecular weight excluding hydrogens is 400 g/mol. The van der Waals surface area contributed by atoms with Crippen LogP contribution in [-0.4, -0.2) is 32.4 Å². The molecular formula is C26H22N4O2. The highest BCUT2D eigenvalue weighted by atomic mass is 16.2. The topological polar surface area (TPSA) is 68.1 Å². The van der Waals surface area contributed by atoms with Crippen molar-refractivity contribution < 1.29 is 4.79 Å². The molecule has 6 nitrogen and oxygen atoms in total. The molecule has 0 unspecified atom stereocenters. The first-order valence-electron chi connectivity index (χ1n) is 10.5. The molecule has 0 aliphatic heterocycles. The summed E-state index contributed by atoms with van der Waals surface area (Å²) in [7, 11) is 1.75. The number of likely N-dealkylation sites (N-methyl/N-ethyl adjacent to an activating group) is 1. The second-order valence-electron chi connectivity index (χ2n) is 7.94. The molecule has 0 aliphatic carbocycles. The Morgan fingerprint density at radius 2 is 1.41 bits per heavy atom. The molecule has 158 valence electrons. The summed E-state index contributed by atoms with van der Waals surface area (Å²) in [6.07, 6.45) is 0. The largest absolute Gasteiger partial charge is 0.337 e. The first-order valence-corrected chi connectivity index (χ1v) is 10.5. The lowest BCUT2D eigenvalue weighted by atomic mass is 10.1. The first kappa shape index (κ1) is 19.9. The number of carbonyl (C=O) groups excluding carboxylic acids is 1. The zero-order valence-corrected chi connectivity index (χ0v) is 17.9. The van der Waals surface area contributed by atoms with Gasteiger partial charge in [0.25, 0.3) is 0 Å². The number of benzene rings is 3. The van der Waals surface area contributed by atoms with E-state index in [9.17, 15) is 9.59 Å². The van der Waals surface area contributed by atoms with Crippen LogP contribution in [0.15, 0.2) is 77.6 Å². The molecule has 0 saturated carbocycles. The Bertz CT molecular complexity index is 1490. The van der Waals surface area contributed by atoms with Gasteiger partial charge in [-0.2, -0.15) is 0 Å². The standard InChI is InChI=1S/C26H22N4O2/c1-17-18-9-3-6-12-21(18)28-24(27-17)15-29(2)25(31)16-30-22-13-7-4-10-19(22)26(32)20-11-5-8-14-23(20)30/h3-14H,15-16H2,1-2H3. The highest BCUT2D eigenvalue weighted by Crippen LogP contribution is 2.20. The van der Waals surface area contributed by atoms with E-state index in [0.717, 1.165) is 27.6 Å². The lowest BCUT2D eigenvalue weighted by Crippen LogP contribution is -2.31. The van der Waals surface area contributed by atoms with Gasteiger partial charge in [-0.05, 0) is 37.3 Å². The van der Waals surface area contributed by atoms with E-state index in [1.54, 1.807) is 24.1 Å². The van der Waals surface area contributed by atoms with Crippen molar-refractivity contribution in [1.82, 2.24) is 19.4 Å². The number of aromatic nitrogens is 3. The van der Waals surface area contributed by atoms with Gasteiger partial charge in [0.05, 0.1) is 23.1 Å². The lowest BCUT2D eigenvalue weighted by molar-refractivity contribution is -0.131. The average molecular weight is 422 g/mol. The van der Waals surface area contributed by atoms with Crippen molar-refractivity contribution in [3.05, 3.63) is 94.5 Å². The van der Waals surface area contributed by atoms with Gasteiger partial charge in [0.1, 0.15) is 12.4 Å². The van der Waals surface area contributed by atoms with Crippen LogP contribution in [0.2, 0.25) is 0 Å². The van der Waals surface area contributed by atoms with Crippen molar-refractivity contribution in [2.75, 3.05) is 7.05 Å². The summed E-state index contributed by atoms with van der Waals surface area (Å²) in [5.41, 5.74) is 3.23. The molecule has 3 aromatic carbocycles. The molecule has 0 aliphatic rings. The molecule has 5 rings (SSSR count). The Morgan fingerprint density at radius 3 is 2.06 bits per heavy atom. The molecule has 0 atom stereocenters. The molecule has 32 heavy (non-hydrogen) atoms. The third-order valence-corrected chi connectivity index (χ3v) is 5.82. The number of rotatable bonds is 4. The monoisotopic (exact) mass is 422 g/mol. The minimum absolute atomic E-state index is 0.0201. The van der Waals surface area contributed by atoms with Gasteiger partial charge in [0.2, 0.25) is 5.91 Å². The van der Waals surface area contributed by atoms with Gasteiger partial charge in [-0.25, -0.2) is 9.97 Å².